The molecule has 5 heteroatoms. The van der Waals surface area contributed by atoms with Crippen LogP contribution in [-0.2, 0) is 0 Å². The van der Waals surface area contributed by atoms with Crippen molar-refractivity contribution in [3.8, 4) is 0 Å². The molecule has 0 bridgehead atoms. The number of rotatable bonds is 1. The summed E-state index contributed by atoms with van der Waals surface area (Å²) in [4.78, 5) is 0. The first-order chi connectivity index (χ1) is 5.02. The highest BCUT2D eigenvalue weighted by Gasteiger charge is 2.44. The predicted molar refractivity (Wildman–Crippen MR) is 37.5 cm³/mol. The van der Waals surface area contributed by atoms with E-state index in [4.69, 9.17) is 5.11 Å². The Morgan fingerprint density at radius 3 is 2.45 bits per heavy atom. The summed E-state index contributed by atoms with van der Waals surface area (Å²) in [6.07, 6.45) is -5.31. The third kappa shape index (κ3) is 2.27. The Hall–Kier alpha value is 0.100. The summed E-state index contributed by atoms with van der Waals surface area (Å²) >= 11 is 1.21. The summed E-state index contributed by atoms with van der Waals surface area (Å²) in [7, 11) is 0. The lowest BCUT2D eigenvalue weighted by Gasteiger charge is -2.19. The fourth-order valence-electron chi connectivity index (χ4n) is 1.06. The van der Waals surface area contributed by atoms with Gasteiger partial charge in [-0.2, -0.15) is 24.9 Å². The maximum atomic E-state index is 11.8. The van der Waals surface area contributed by atoms with Crippen LogP contribution in [0, 0.1) is 0 Å². The van der Waals surface area contributed by atoms with Crippen molar-refractivity contribution in [3.63, 3.8) is 0 Å². The largest absolute Gasteiger partial charge is 0.415 e. The third-order valence-corrected chi connectivity index (χ3v) is 3.10. The van der Waals surface area contributed by atoms with Gasteiger partial charge in [-0.1, -0.05) is 0 Å². The van der Waals surface area contributed by atoms with Crippen molar-refractivity contribution in [2.75, 3.05) is 5.75 Å². The lowest BCUT2D eigenvalue weighted by molar-refractivity contribution is -0.203. The molecule has 0 spiro atoms. The Labute approximate surface area is 67.0 Å². The molecular formula is C6H9F3OS. The number of hydrogen-bond acceptors (Lipinski definition) is 2. The molecule has 0 amide bonds. The highest BCUT2D eigenvalue weighted by atomic mass is 32.2. The van der Waals surface area contributed by atoms with Crippen molar-refractivity contribution in [3.05, 3.63) is 0 Å². The van der Waals surface area contributed by atoms with E-state index >= 15 is 0 Å². The Morgan fingerprint density at radius 1 is 1.45 bits per heavy atom. The van der Waals surface area contributed by atoms with Gasteiger partial charge in [0.1, 0.15) is 0 Å². The van der Waals surface area contributed by atoms with Crippen LogP contribution in [0.2, 0.25) is 0 Å². The number of aliphatic hydroxyl groups excluding tert-OH is 1. The zero-order valence-electron chi connectivity index (χ0n) is 5.77. The predicted octanol–water partition coefficient (Wildman–Crippen LogP) is 1.81. The molecule has 0 aliphatic carbocycles. The van der Waals surface area contributed by atoms with Crippen LogP contribution in [0.15, 0.2) is 0 Å². The summed E-state index contributed by atoms with van der Waals surface area (Å²) in [5.41, 5.74) is 0. The number of hydrogen-bond donors (Lipinski definition) is 1. The molecule has 1 saturated heterocycles. The van der Waals surface area contributed by atoms with E-state index in [2.05, 4.69) is 0 Å². The molecule has 66 valence electrons. The molecule has 11 heavy (non-hydrogen) atoms. The molecule has 2 atom stereocenters. The van der Waals surface area contributed by atoms with Crippen LogP contribution in [0.25, 0.3) is 0 Å². The third-order valence-electron chi connectivity index (χ3n) is 1.65. The van der Waals surface area contributed by atoms with Gasteiger partial charge in [-0.15, -0.1) is 0 Å². The molecular weight excluding hydrogens is 177 g/mol. The number of thioether (sulfide) groups is 1. The van der Waals surface area contributed by atoms with E-state index in [1.807, 2.05) is 0 Å². The van der Waals surface area contributed by atoms with E-state index < -0.39 is 17.5 Å². The number of halogens is 3. The van der Waals surface area contributed by atoms with E-state index in [1.54, 1.807) is 0 Å². The molecule has 0 radical (unpaired) electrons. The molecule has 1 unspecified atom stereocenters. The van der Waals surface area contributed by atoms with E-state index in [9.17, 15) is 13.2 Å². The molecule has 1 fully saturated rings. The Balaban J connectivity index is 2.46. The molecule has 0 aromatic rings. The Morgan fingerprint density at radius 2 is 2.09 bits per heavy atom. The quantitative estimate of drug-likeness (QED) is 0.673. The van der Waals surface area contributed by atoms with Crippen LogP contribution in [0.4, 0.5) is 13.2 Å². The van der Waals surface area contributed by atoms with Crippen molar-refractivity contribution in [1.29, 1.82) is 0 Å². The fourth-order valence-corrected chi connectivity index (χ4v) is 2.37. The van der Waals surface area contributed by atoms with Crippen molar-refractivity contribution in [1.82, 2.24) is 0 Å². The lowest BCUT2D eigenvalue weighted by Crippen LogP contribution is -2.36. The number of aliphatic hydroxyl groups is 1. The van der Waals surface area contributed by atoms with Crippen LogP contribution in [0.5, 0.6) is 0 Å². The minimum absolute atomic E-state index is 0.478. The van der Waals surface area contributed by atoms with Crippen LogP contribution in [0.1, 0.15) is 12.8 Å². The van der Waals surface area contributed by atoms with Gasteiger partial charge in [0, 0.05) is 5.25 Å². The van der Waals surface area contributed by atoms with Gasteiger partial charge < -0.3 is 5.11 Å². The smallest absolute Gasteiger partial charge is 0.383 e. The molecule has 1 rings (SSSR count). The van der Waals surface area contributed by atoms with E-state index in [-0.39, 0.29) is 0 Å². The zero-order valence-corrected chi connectivity index (χ0v) is 6.58. The average Bonchev–Trinajstić information content (AvgIpc) is 2.34. The molecule has 0 aromatic carbocycles. The van der Waals surface area contributed by atoms with Gasteiger partial charge >= 0.3 is 6.18 Å². The van der Waals surface area contributed by atoms with Crippen LogP contribution < -0.4 is 0 Å². The van der Waals surface area contributed by atoms with Crippen molar-refractivity contribution < 1.29 is 18.3 Å². The van der Waals surface area contributed by atoms with Gasteiger partial charge in [-0.05, 0) is 18.6 Å². The van der Waals surface area contributed by atoms with Gasteiger partial charge in [-0.25, -0.2) is 0 Å². The minimum Gasteiger partial charge on any atom is -0.383 e. The topological polar surface area (TPSA) is 20.2 Å². The van der Waals surface area contributed by atoms with Crippen LogP contribution >= 0.6 is 11.8 Å². The molecule has 0 saturated carbocycles. The summed E-state index contributed by atoms with van der Waals surface area (Å²) in [6, 6.07) is 0. The van der Waals surface area contributed by atoms with Crippen LogP contribution in [0.3, 0.4) is 0 Å². The van der Waals surface area contributed by atoms with Crippen molar-refractivity contribution in [2.45, 2.75) is 30.4 Å². The van der Waals surface area contributed by atoms with E-state index in [1.165, 1.54) is 11.8 Å². The summed E-state index contributed by atoms with van der Waals surface area (Å²) < 4.78 is 35.5. The van der Waals surface area contributed by atoms with Crippen molar-refractivity contribution >= 4 is 11.8 Å². The normalized spacial score (nSPS) is 28.9. The highest BCUT2D eigenvalue weighted by Crippen LogP contribution is 2.35. The lowest BCUT2D eigenvalue weighted by atomic mass is 10.1. The fraction of sp³-hybridized carbons (Fsp3) is 1.00. The summed E-state index contributed by atoms with van der Waals surface area (Å²) in [5.74, 6) is 0.734. The minimum atomic E-state index is -4.44. The van der Waals surface area contributed by atoms with Gasteiger partial charge in [0.15, 0.2) is 6.10 Å². The van der Waals surface area contributed by atoms with Gasteiger partial charge in [-0.3, -0.25) is 0 Å². The van der Waals surface area contributed by atoms with Crippen LogP contribution in [-0.4, -0.2) is 28.4 Å². The molecule has 0 aromatic heterocycles. The second kappa shape index (κ2) is 3.23. The van der Waals surface area contributed by atoms with Gasteiger partial charge in [0.05, 0.1) is 0 Å². The second-order valence-electron chi connectivity index (χ2n) is 2.54. The van der Waals surface area contributed by atoms with E-state index in [0.29, 0.717) is 6.42 Å². The second-order valence-corrected chi connectivity index (χ2v) is 3.89. The molecule has 1 N–H and O–H groups in total. The van der Waals surface area contributed by atoms with Gasteiger partial charge in [0.25, 0.3) is 0 Å². The molecule has 1 aliphatic rings. The average molecular weight is 186 g/mol. The monoisotopic (exact) mass is 186 g/mol. The standard InChI is InChI=1S/C6H9F3OS/c7-6(8,9)5(10)4-2-1-3-11-4/h4-5,10H,1-3H2/t4?,5-/m1/s1. The SMILES string of the molecule is O[C@H](C1CCCS1)C(F)(F)F. The first-order valence-electron chi connectivity index (χ1n) is 3.38. The Kier molecular flexibility index (Phi) is 2.70. The van der Waals surface area contributed by atoms with E-state index in [0.717, 1.165) is 12.2 Å². The zero-order chi connectivity index (χ0) is 8.48. The highest BCUT2D eigenvalue weighted by molar-refractivity contribution is 8.00. The molecule has 1 nitrogen and oxygen atoms in total. The summed E-state index contributed by atoms with van der Waals surface area (Å²) in [6.45, 7) is 0. The Bertz CT molecular complexity index is 130. The summed E-state index contributed by atoms with van der Waals surface area (Å²) in [5, 5.41) is 8.11. The molecule has 1 aliphatic heterocycles. The molecule has 1 heterocycles. The number of alkyl halides is 3. The first kappa shape index (κ1) is 9.19. The van der Waals surface area contributed by atoms with Gasteiger partial charge in [0.2, 0.25) is 0 Å². The maximum absolute atomic E-state index is 11.8. The first-order valence-corrected chi connectivity index (χ1v) is 4.43. The van der Waals surface area contributed by atoms with Crippen molar-refractivity contribution in [2.24, 2.45) is 0 Å². The maximum Gasteiger partial charge on any atom is 0.415 e.